The van der Waals surface area contributed by atoms with E-state index in [-0.39, 0.29) is 5.91 Å². The summed E-state index contributed by atoms with van der Waals surface area (Å²) in [7, 11) is 0. The van der Waals surface area contributed by atoms with E-state index in [0.29, 0.717) is 17.7 Å². The van der Waals surface area contributed by atoms with Crippen molar-refractivity contribution in [3.05, 3.63) is 108 Å². The highest BCUT2D eigenvalue weighted by Crippen LogP contribution is 2.20. The average molecular weight is 345 g/mol. The molecule has 0 heterocycles. The fourth-order valence-corrected chi connectivity index (χ4v) is 2.53. The van der Waals surface area contributed by atoms with E-state index in [0.717, 1.165) is 5.56 Å². The van der Waals surface area contributed by atoms with Crippen molar-refractivity contribution in [1.29, 1.82) is 0 Å². The van der Waals surface area contributed by atoms with Crippen LogP contribution in [0.1, 0.15) is 27.6 Å². The molecule has 1 atom stereocenters. The van der Waals surface area contributed by atoms with Crippen LogP contribution in [0.3, 0.4) is 0 Å². The van der Waals surface area contributed by atoms with E-state index in [4.69, 9.17) is 4.74 Å². The summed E-state index contributed by atoms with van der Waals surface area (Å²) in [5.41, 5.74) is 2.01. The summed E-state index contributed by atoms with van der Waals surface area (Å²) in [6.45, 7) is 0.367. The highest BCUT2D eigenvalue weighted by molar-refractivity contribution is 5.92. The van der Waals surface area contributed by atoms with Gasteiger partial charge in [0.15, 0.2) is 0 Å². The highest BCUT2D eigenvalue weighted by Gasteiger charge is 2.25. The normalized spacial score (nSPS) is 11.4. The first-order valence-electron chi connectivity index (χ1n) is 8.36. The molecule has 3 rings (SSSR count). The van der Waals surface area contributed by atoms with Gasteiger partial charge in [-0.15, -0.1) is 0 Å². The first kappa shape index (κ1) is 17.4. The monoisotopic (exact) mass is 345 g/mol. The lowest BCUT2D eigenvalue weighted by molar-refractivity contribution is -0.130. The number of hydrogen-bond acceptors (Lipinski definition) is 3. The van der Waals surface area contributed by atoms with Gasteiger partial charge in [-0.3, -0.25) is 4.79 Å². The largest absolute Gasteiger partial charge is 0.444 e. The zero-order chi connectivity index (χ0) is 18.2. The van der Waals surface area contributed by atoms with Crippen molar-refractivity contribution in [3.63, 3.8) is 0 Å². The van der Waals surface area contributed by atoms with Gasteiger partial charge in [-0.05, 0) is 17.7 Å². The lowest BCUT2D eigenvalue weighted by Gasteiger charge is -2.18. The van der Waals surface area contributed by atoms with Gasteiger partial charge in [0.25, 0.3) is 5.91 Å². The smallest absolute Gasteiger partial charge is 0.339 e. The second kappa shape index (κ2) is 8.62. The predicted molar refractivity (Wildman–Crippen MR) is 99.3 cm³/mol. The Hall–Kier alpha value is -3.40. The first-order chi connectivity index (χ1) is 12.7. The summed E-state index contributed by atoms with van der Waals surface area (Å²) in [5, 5.41) is 2.84. The second-order valence-electron chi connectivity index (χ2n) is 5.77. The van der Waals surface area contributed by atoms with Gasteiger partial charge in [-0.1, -0.05) is 78.9 Å². The molecule has 26 heavy (non-hydrogen) atoms. The third-order valence-electron chi connectivity index (χ3n) is 3.88. The molecule has 3 aromatic rings. The van der Waals surface area contributed by atoms with Gasteiger partial charge in [0.05, 0.1) is 5.56 Å². The molecule has 1 amide bonds. The SMILES string of the molecule is O=C(O[C@H](C(=O)NCc1ccccc1)c1ccccc1)c1ccccc1. The number of carbonyl (C=O) groups excluding carboxylic acids is 2. The van der Waals surface area contributed by atoms with Gasteiger partial charge >= 0.3 is 5.97 Å². The van der Waals surface area contributed by atoms with Gasteiger partial charge in [0.2, 0.25) is 6.10 Å². The number of nitrogens with one attached hydrogen (secondary N) is 1. The highest BCUT2D eigenvalue weighted by atomic mass is 16.5. The molecule has 0 spiro atoms. The predicted octanol–water partition coefficient (Wildman–Crippen LogP) is 3.90. The van der Waals surface area contributed by atoms with Crippen LogP contribution in [0.5, 0.6) is 0 Å². The molecule has 0 saturated heterocycles. The zero-order valence-corrected chi connectivity index (χ0v) is 14.2. The fraction of sp³-hybridized carbons (Fsp3) is 0.0909. The summed E-state index contributed by atoms with van der Waals surface area (Å²) in [6, 6.07) is 27.2. The van der Waals surface area contributed by atoms with Gasteiger partial charge in [0, 0.05) is 12.1 Å². The first-order valence-corrected chi connectivity index (χ1v) is 8.36. The summed E-state index contributed by atoms with van der Waals surface area (Å²) in [5.74, 6) is -0.890. The molecule has 0 fully saturated rings. The molecule has 0 bridgehead atoms. The molecule has 130 valence electrons. The van der Waals surface area contributed by atoms with Crippen molar-refractivity contribution in [2.75, 3.05) is 0 Å². The van der Waals surface area contributed by atoms with Gasteiger partial charge in [-0.25, -0.2) is 4.79 Å². The molecule has 3 aromatic carbocycles. The number of benzene rings is 3. The third kappa shape index (κ3) is 4.57. The van der Waals surface area contributed by atoms with Crippen molar-refractivity contribution in [2.24, 2.45) is 0 Å². The van der Waals surface area contributed by atoms with Crippen molar-refractivity contribution < 1.29 is 14.3 Å². The Bertz CT molecular complexity index is 848. The number of hydrogen-bond donors (Lipinski definition) is 1. The summed E-state index contributed by atoms with van der Waals surface area (Å²) in [4.78, 5) is 25.1. The number of amides is 1. The molecule has 0 aliphatic carbocycles. The molecule has 1 N–H and O–H groups in total. The Labute approximate surface area is 152 Å². The fourth-order valence-electron chi connectivity index (χ4n) is 2.53. The topological polar surface area (TPSA) is 55.4 Å². The quantitative estimate of drug-likeness (QED) is 0.689. The molecule has 0 aromatic heterocycles. The molecule has 0 unspecified atom stereocenters. The van der Waals surface area contributed by atoms with Crippen LogP contribution >= 0.6 is 0 Å². The van der Waals surface area contributed by atoms with Gasteiger partial charge in [0.1, 0.15) is 0 Å². The number of ether oxygens (including phenoxy) is 1. The maximum Gasteiger partial charge on any atom is 0.339 e. The van der Waals surface area contributed by atoms with E-state index in [1.807, 2.05) is 54.6 Å². The zero-order valence-electron chi connectivity index (χ0n) is 14.2. The van der Waals surface area contributed by atoms with Crippen molar-refractivity contribution in [2.45, 2.75) is 12.6 Å². The summed E-state index contributed by atoms with van der Waals surface area (Å²) in [6.07, 6.45) is -1.01. The Kier molecular flexibility index (Phi) is 5.78. The molecule has 4 nitrogen and oxygen atoms in total. The molecule has 0 aliphatic heterocycles. The van der Waals surface area contributed by atoms with Crippen LogP contribution in [0.25, 0.3) is 0 Å². The maximum absolute atomic E-state index is 12.7. The van der Waals surface area contributed by atoms with Crippen LogP contribution in [0, 0.1) is 0 Å². The van der Waals surface area contributed by atoms with Gasteiger partial charge in [-0.2, -0.15) is 0 Å². The second-order valence-corrected chi connectivity index (χ2v) is 5.77. The molecule has 0 aliphatic rings. The van der Waals surface area contributed by atoms with Crippen LogP contribution in [0.15, 0.2) is 91.0 Å². The lowest BCUT2D eigenvalue weighted by Crippen LogP contribution is -2.31. The van der Waals surface area contributed by atoms with Crippen molar-refractivity contribution >= 4 is 11.9 Å². The minimum absolute atomic E-state index is 0.357. The van der Waals surface area contributed by atoms with E-state index < -0.39 is 12.1 Å². The van der Waals surface area contributed by atoms with E-state index in [1.165, 1.54) is 0 Å². The minimum atomic E-state index is -1.01. The van der Waals surface area contributed by atoms with Crippen LogP contribution in [-0.2, 0) is 16.1 Å². The standard InChI is InChI=1S/C22H19NO3/c24-21(23-16-17-10-4-1-5-11-17)20(18-12-6-2-7-13-18)26-22(25)19-14-8-3-9-15-19/h1-15,20H,16H2,(H,23,24)/t20-/m0/s1. The lowest BCUT2D eigenvalue weighted by atomic mass is 10.1. The molecule has 0 saturated carbocycles. The molecule has 4 heteroatoms. The summed E-state index contributed by atoms with van der Waals surface area (Å²) < 4.78 is 5.52. The van der Waals surface area contributed by atoms with E-state index in [1.54, 1.807) is 36.4 Å². The molecule has 0 radical (unpaired) electrons. The average Bonchev–Trinajstić information content (AvgIpc) is 2.72. The van der Waals surface area contributed by atoms with Crippen LogP contribution in [0.2, 0.25) is 0 Å². The van der Waals surface area contributed by atoms with E-state index >= 15 is 0 Å². The minimum Gasteiger partial charge on any atom is -0.444 e. The maximum atomic E-state index is 12.7. The Balaban J connectivity index is 1.75. The van der Waals surface area contributed by atoms with Crippen molar-refractivity contribution in [1.82, 2.24) is 5.32 Å². The Morgan fingerprint density at radius 1 is 0.769 bits per heavy atom. The number of esters is 1. The van der Waals surface area contributed by atoms with Crippen molar-refractivity contribution in [3.8, 4) is 0 Å². The Morgan fingerprint density at radius 2 is 1.31 bits per heavy atom. The van der Waals surface area contributed by atoms with E-state index in [9.17, 15) is 9.59 Å². The number of carbonyl (C=O) groups is 2. The van der Waals surface area contributed by atoms with Crippen LogP contribution < -0.4 is 5.32 Å². The molecular weight excluding hydrogens is 326 g/mol. The number of rotatable bonds is 6. The van der Waals surface area contributed by atoms with Crippen LogP contribution in [-0.4, -0.2) is 11.9 Å². The Morgan fingerprint density at radius 3 is 1.92 bits per heavy atom. The van der Waals surface area contributed by atoms with E-state index in [2.05, 4.69) is 5.32 Å². The van der Waals surface area contributed by atoms with Gasteiger partial charge < -0.3 is 10.1 Å². The molecular formula is C22H19NO3. The third-order valence-corrected chi connectivity index (χ3v) is 3.88. The summed E-state index contributed by atoms with van der Waals surface area (Å²) >= 11 is 0. The van der Waals surface area contributed by atoms with Crippen LogP contribution in [0.4, 0.5) is 0 Å².